The van der Waals surface area contributed by atoms with Crippen LogP contribution in [0.2, 0.25) is 0 Å². The van der Waals surface area contributed by atoms with Gasteiger partial charge in [-0.1, -0.05) is 187 Å². The van der Waals surface area contributed by atoms with Gasteiger partial charge in [0.05, 0.1) is 25.4 Å². The second-order valence-corrected chi connectivity index (χ2v) is 16.8. The van der Waals surface area contributed by atoms with Crippen LogP contribution in [0.25, 0.3) is 0 Å². The number of unbranched alkanes of at least 4 members (excludes halogenated alkanes) is 25. The molecule has 1 amide bonds. The second kappa shape index (κ2) is 36.7. The summed E-state index contributed by atoms with van der Waals surface area (Å²) in [6.07, 6.45) is 27.3. The van der Waals surface area contributed by atoms with Gasteiger partial charge in [0, 0.05) is 0 Å². The van der Waals surface area contributed by atoms with E-state index in [-0.39, 0.29) is 6.42 Å². The molecule has 9 unspecified atom stereocenters. The van der Waals surface area contributed by atoms with E-state index < -0.39 is 74.2 Å². The highest BCUT2D eigenvalue weighted by molar-refractivity contribution is 5.80. The maximum atomic E-state index is 13.0. The molecule has 338 valence electrons. The molecular weight excluding hydrogens is 727 g/mol. The minimum atomic E-state index is -1.66. The number of nitrogens with one attached hydrogen (secondary N) is 1. The van der Waals surface area contributed by atoms with Gasteiger partial charge in [0.15, 0.2) is 6.29 Å². The van der Waals surface area contributed by atoms with Gasteiger partial charge in [-0.05, 0) is 32.1 Å². The standard InChI is InChI=1S/C46H89NO10/c1-3-5-7-9-11-13-14-15-16-17-18-19-20-21-22-23-24-25-26-28-29-31-33-38(49)41(51)37(36-56-46-44(54)43(53)42(52)40(35-48)57-46)47-45(55)39(50)34-32-30-27-12-10-8-6-4-2/h27,30,37-44,46,48-54H,3-26,28-29,31-36H2,1-2H3,(H,47,55)/b30-27-. The molecule has 1 fully saturated rings. The Morgan fingerprint density at radius 1 is 0.596 bits per heavy atom. The first kappa shape index (κ1) is 53.9. The van der Waals surface area contributed by atoms with Crippen molar-refractivity contribution < 1.29 is 50.0 Å². The van der Waals surface area contributed by atoms with Crippen LogP contribution < -0.4 is 5.32 Å². The number of carbonyl (C=O) groups is 1. The van der Waals surface area contributed by atoms with Crippen molar-refractivity contribution >= 4 is 5.91 Å². The van der Waals surface area contributed by atoms with Crippen LogP contribution in [0.5, 0.6) is 0 Å². The Labute approximate surface area is 347 Å². The lowest BCUT2D eigenvalue weighted by Crippen LogP contribution is -2.60. The van der Waals surface area contributed by atoms with Gasteiger partial charge in [-0.25, -0.2) is 0 Å². The van der Waals surface area contributed by atoms with Crippen LogP contribution in [0.1, 0.15) is 206 Å². The predicted molar refractivity (Wildman–Crippen MR) is 229 cm³/mol. The maximum absolute atomic E-state index is 13.0. The van der Waals surface area contributed by atoms with E-state index in [2.05, 4.69) is 25.2 Å². The van der Waals surface area contributed by atoms with Gasteiger partial charge in [-0.2, -0.15) is 0 Å². The van der Waals surface area contributed by atoms with Crippen LogP contribution >= 0.6 is 0 Å². The van der Waals surface area contributed by atoms with E-state index in [1.165, 1.54) is 135 Å². The fraction of sp³-hybridized carbons (Fsp3) is 0.935. The molecule has 0 aliphatic carbocycles. The molecule has 11 heteroatoms. The first-order valence-corrected chi connectivity index (χ1v) is 23.6. The molecule has 1 rings (SSSR count). The smallest absolute Gasteiger partial charge is 0.249 e. The average Bonchev–Trinajstić information content (AvgIpc) is 3.21. The molecule has 0 aromatic carbocycles. The van der Waals surface area contributed by atoms with E-state index in [4.69, 9.17) is 9.47 Å². The number of allylic oxidation sites excluding steroid dienone is 2. The molecule has 0 aromatic rings. The highest BCUT2D eigenvalue weighted by atomic mass is 16.7. The molecule has 1 aliphatic rings. The molecule has 9 atom stereocenters. The van der Waals surface area contributed by atoms with Crippen LogP contribution in [0.15, 0.2) is 12.2 Å². The minimum Gasteiger partial charge on any atom is -0.394 e. The number of rotatable bonds is 39. The topological polar surface area (TPSA) is 189 Å². The number of ether oxygens (including phenoxy) is 2. The first-order chi connectivity index (χ1) is 27.7. The summed E-state index contributed by atoms with van der Waals surface area (Å²) in [5.41, 5.74) is 0. The summed E-state index contributed by atoms with van der Waals surface area (Å²) in [4.78, 5) is 13.0. The third kappa shape index (κ3) is 26.6. The summed E-state index contributed by atoms with van der Waals surface area (Å²) in [6.45, 7) is 3.37. The van der Waals surface area contributed by atoms with Crippen molar-refractivity contribution in [2.45, 2.75) is 262 Å². The summed E-state index contributed by atoms with van der Waals surface area (Å²) in [7, 11) is 0. The van der Waals surface area contributed by atoms with Crippen molar-refractivity contribution in [3.63, 3.8) is 0 Å². The molecule has 1 aliphatic heterocycles. The summed E-state index contributed by atoms with van der Waals surface area (Å²) in [5, 5.41) is 75.4. The zero-order valence-electron chi connectivity index (χ0n) is 36.3. The largest absolute Gasteiger partial charge is 0.394 e. The van der Waals surface area contributed by atoms with E-state index in [0.29, 0.717) is 19.3 Å². The normalized spacial score (nSPS) is 22.2. The summed E-state index contributed by atoms with van der Waals surface area (Å²) in [6, 6.07) is -1.18. The third-order valence-corrected chi connectivity index (χ3v) is 11.6. The van der Waals surface area contributed by atoms with E-state index in [0.717, 1.165) is 32.1 Å². The molecule has 0 bridgehead atoms. The van der Waals surface area contributed by atoms with Gasteiger partial charge in [0.25, 0.3) is 0 Å². The van der Waals surface area contributed by atoms with Crippen molar-refractivity contribution in [3.8, 4) is 0 Å². The number of hydrogen-bond acceptors (Lipinski definition) is 10. The highest BCUT2D eigenvalue weighted by Crippen LogP contribution is 2.23. The minimum absolute atomic E-state index is 0.176. The van der Waals surface area contributed by atoms with Crippen LogP contribution in [-0.4, -0.2) is 110 Å². The number of aliphatic hydroxyl groups is 7. The van der Waals surface area contributed by atoms with Crippen LogP contribution in [0.4, 0.5) is 0 Å². The SMILES string of the molecule is CCCCCC/C=C\CCC(O)C(=O)NC(COC1OC(CO)C(O)C(O)C1O)C(O)C(O)CCCCCCCCCCCCCCCCCCCCCCCC. The average molecular weight is 816 g/mol. The van der Waals surface area contributed by atoms with E-state index in [1.807, 2.05) is 6.08 Å². The molecule has 1 saturated heterocycles. The molecule has 0 saturated carbocycles. The molecule has 57 heavy (non-hydrogen) atoms. The monoisotopic (exact) mass is 816 g/mol. The summed E-state index contributed by atoms with van der Waals surface area (Å²) in [5.74, 6) is -0.732. The van der Waals surface area contributed by atoms with Crippen molar-refractivity contribution in [2.24, 2.45) is 0 Å². The molecule has 8 N–H and O–H groups in total. The van der Waals surface area contributed by atoms with Crippen molar-refractivity contribution in [3.05, 3.63) is 12.2 Å². The Morgan fingerprint density at radius 3 is 1.51 bits per heavy atom. The van der Waals surface area contributed by atoms with Gasteiger partial charge in [0.2, 0.25) is 5.91 Å². The Hall–Kier alpha value is -1.15. The zero-order valence-corrected chi connectivity index (χ0v) is 36.3. The third-order valence-electron chi connectivity index (χ3n) is 11.6. The van der Waals surface area contributed by atoms with Crippen molar-refractivity contribution in [1.82, 2.24) is 5.32 Å². The van der Waals surface area contributed by atoms with Gasteiger partial charge >= 0.3 is 0 Å². The summed E-state index contributed by atoms with van der Waals surface area (Å²) >= 11 is 0. The lowest BCUT2D eigenvalue weighted by Gasteiger charge is -2.40. The van der Waals surface area contributed by atoms with E-state index >= 15 is 0 Å². The Bertz CT molecular complexity index is 939. The highest BCUT2D eigenvalue weighted by Gasteiger charge is 2.44. The maximum Gasteiger partial charge on any atom is 0.249 e. The lowest BCUT2D eigenvalue weighted by atomic mass is 9.98. The van der Waals surface area contributed by atoms with Crippen LogP contribution in [0, 0.1) is 0 Å². The van der Waals surface area contributed by atoms with Gasteiger partial charge < -0.3 is 50.5 Å². The van der Waals surface area contributed by atoms with E-state index in [1.54, 1.807) is 0 Å². The lowest BCUT2D eigenvalue weighted by molar-refractivity contribution is -0.303. The van der Waals surface area contributed by atoms with Gasteiger partial charge in [0.1, 0.15) is 36.6 Å². The number of aliphatic hydroxyl groups excluding tert-OH is 7. The predicted octanol–water partition coefficient (Wildman–Crippen LogP) is 7.67. The van der Waals surface area contributed by atoms with E-state index in [9.17, 15) is 40.5 Å². The Balaban J connectivity index is 2.35. The quantitative estimate of drug-likeness (QED) is 0.0226. The molecule has 0 aromatic heterocycles. The summed E-state index contributed by atoms with van der Waals surface area (Å²) < 4.78 is 11.0. The van der Waals surface area contributed by atoms with Crippen LogP contribution in [0.3, 0.4) is 0 Å². The molecule has 0 radical (unpaired) electrons. The molecule has 0 spiro atoms. The number of carbonyl (C=O) groups excluding carboxylic acids is 1. The van der Waals surface area contributed by atoms with Crippen molar-refractivity contribution in [2.75, 3.05) is 13.2 Å². The molecule has 1 heterocycles. The number of hydrogen-bond donors (Lipinski definition) is 8. The fourth-order valence-electron chi connectivity index (χ4n) is 7.62. The second-order valence-electron chi connectivity index (χ2n) is 16.8. The van der Waals surface area contributed by atoms with Crippen molar-refractivity contribution in [1.29, 1.82) is 0 Å². The van der Waals surface area contributed by atoms with Gasteiger partial charge in [-0.15, -0.1) is 0 Å². The van der Waals surface area contributed by atoms with Gasteiger partial charge in [-0.3, -0.25) is 4.79 Å². The fourth-order valence-corrected chi connectivity index (χ4v) is 7.62. The zero-order chi connectivity index (χ0) is 41.9. The molecular formula is C46H89NO10. The first-order valence-electron chi connectivity index (χ1n) is 23.6. The Kier molecular flexibility index (Phi) is 34.7. The van der Waals surface area contributed by atoms with Crippen LogP contribution in [-0.2, 0) is 14.3 Å². The Morgan fingerprint density at radius 2 is 1.04 bits per heavy atom. The molecule has 11 nitrogen and oxygen atoms in total. The number of amides is 1.